The number of rotatable bonds is 6. The number of ether oxygens (including phenoxy) is 1. The predicted molar refractivity (Wildman–Crippen MR) is 65.3 cm³/mol. The minimum Gasteiger partial charge on any atom is -0.461 e. The van der Waals surface area contributed by atoms with Crippen LogP contribution in [0.5, 0.6) is 0 Å². The zero-order valence-corrected chi connectivity index (χ0v) is 10.6. The van der Waals surface area contributed by atoms with Gasteiger partial charge in [0.1, 0.15) is 6.26 Å². The molecule has 1 aromatic heterocycles. The van der Waals surface area contributed by atoms with E-state index >= 15 is 0 Å². The molecule has 1 aromatic rings. The van der Waals surface area contributed by atoms with E-state index < -0.39 is 5.97 Å². The molecule has 0 unspecified atom stereocenters. The molecule has 0 spiro atoms. The Hall–Kier alpha value is -1.52. The first-order valence-electron chi connectivity index (χ1n) is 6.60. The van der Waals surface area contributed by atoms with Crippen LogP contribution < -0.4 is 5.32 Å². The van der Waals surface area contributed by atoms with Gasteiger partial charge in [0.2, 0.25) is 0 Å². The van der Waals surface area contributed by atoms with Gasteiger partial charge in [-0.2, -0.15) is 4.98 Å². The van der Waals surface area contributed by atoms with Gasteiger partial charge in [-0.05, 0) is 43.9 Å². The Morgan fingerprint density at radius 3 is 3.00 bits per heavy atom. The molecule has 1 N–H and O–H groups in total. The van der Waals surface area contributed by atoms with Crippen molar-refractivity contribution in [2.45, 2.75) is 32.6 Å². The zero-order chi connectivity index (χ0) is 12.6. The zero-order valence-electron chi connectivity index (χ0n) is 10.6. The Kier molecular flexibility index (Phi) is 2.76. The second-order valence-electron chi connectivity index (χ2n) is 5.25. The molecule has 98 valence electrons. The van der Waals surface area contributed by atoms with Crippen LogP contribution in [0.3, 0.4) is 0 Å². The fourth-order valence-corrected chi connectivity index (χ4v) is 2.49. The third kappa shape index (κ3) is 2.21. The fraction of sp³-hybridized carbons (Fsp3) is 0.692. The summed E-state index contributed by atoms with van der Waals surface area (Å²) in [7, 11) is 0. The first-order valence-corrected chi connectivity index (χ1v) is 6.60. The highest BCUT2D eigenvalue weighted by molar-refractivity contribution is 5.87. The monoisotopic (exact) mass is 250 g/mol. The Balaban J connectivity index is 1.55. The standard InChI is InChI=1S/C13H18N2O3/c1-2-17-11(16)10-7-18-12(15-10)14-8-13(5-6-13)9-3-4-9/h7,9H,2-6,8H2,1H3,(H,14,15). The molecule has 0 atom stereocenters. The van der Waals surface area contributed by atoms with E-state index in [9.17, 15) is 4.79 Å². The van der Waals surface area contributed by atoms with Crippen molar-refractivity contribution in [3.05, 3.63) is 12.0 Å². The van der Waals surface area contributed by atoms with Crippen LogP contribution in [-0.4, -0.2) is 24.1 Å². The van der Waals surface area contributed by atoms with Crippen LogP contribution in [0.25, 0.3) is 0 Å². The summed E-state index contributed by atoms with van der Waals surface area (Å²) in [6, 6.07) is 0.421. The number of anilines is 1. The quantitative estimate of drug-likeness (QED) is 0.786. The van der Waals surface area contributed by atoms with Crippen molar-refractivity contribution in [1.82, 2.24) is 4.98 Å². The third-order valence-corrected chi connectivity index (χ3v) is 3.92. The largest absolute Gasteiger partial charge is 0.461 e. The molecule has 0 aliphatic heterocycles. The lowest BCUT2D eigenvalue weighted by Gasteiger charge is -2.13. The van der Waals surface area contributed by atoms with E-state index in [-0.39, 0.29) is 5.69 Å². The van der Waals surface area contributed by atoms with Gasteiger partial charge in [0.05, 0.1) is 6.61 Å². The van der Waals surface area contributed by atoms with Crippen LogP contribution in [0.4, 0.5) is 6.01 Å². The average Bonchev–Trinajstić information content (AvgIpc) is 3.25. The molecule has 5 nitrogen and oxygen atoms in total. The molecule has 2 saturated carbocycles. The van der Waals surface area contributed by atoms with Gasteiger partial charge in [0.25, 0.3) is 6.01 Å². The van der Waals surface area contributed by atoms with Crippen molar-refractivity contribution in [3.8, 4) is 0 Å². The summed E-state index contributed by atoms with van der Waals surface area (Å²) in [5.74, 6) is 0.460. The molecule has 18 heavy (non-hydrogen) atoms. The van der Waals surface area contributed by atoms with Crippen LogP contribution in [0.15, 0.2) is 10.7 Å². The van der Waals surface area contributed by atoms with Gasteiger partial charge >= 0.3 is 5.97 Å². The molecule has 2 aliphatic rings. The van der Waals surface area contributed by atoms with Gasteiger partial charge in [0, 0.05) is 6.54 Å². The normalized spacial score (nSPS) is 20.5. The summed E-state index contributed by atoms with van der Waals surface area (Å²) >= 11 is 0. The molecule has 0 saturated heterocycles. The van der Waals surface area contributed by atoms with E-state index in [1.54, 1.807) is 6.92 Å². The molecule has 2 aliphatic carbocycles. The summed E-state index contributed by atoms with van der Waals surface area (Å²) in [5, 5.41) is 3.20. The summed E-state index contributed by atoms with van der Waals surface area (Å²) in [5.41, 5.74) is 0.717. The van der Waals surface area contributed by atoms with Gasteiger partial charge in [0.15, 0.2) is 5.69 Å². The topological polar surface area (TPSA) is 64.4 Å². The Morgan fingerprint density at radius 2 is 2.39 bits per heavy atom. The molecule has 1 heterocycles. The molecule has 2 fully saturated rings. The van der Waals surface area contributed by atoms with E-state index in [1.165, 1.54) is 31.9 Å². The van der Waals surface area contributed by atoms with Crippen molar-refractivity contribution in [3.63, 3.8) is 0 Å². The first kappa shape index (κ1) is 11.6. The van der Waals surface area contributed by atoms with Gasteiger partial charge in [-0.25, -0.2) is 4.79 Å². The van der Waals surface area contributed by atoms with Gasteiger partial charge in [-0.15, -0.1) is 0 Å². The predicted octanol–water partition coefficient (Wildman–Crippen LogP) is 2.45. The molecule has 0 radical (unpaired) electrons. The van der Waals surface area contributed by atoms with E-state index in [0.29, 0.717) is 18.0 Å². The maximum absolute atomic E-state index is 11.4. The van der Waals surface area contributed by atoms with E-state index in [4.69, 9.17) is 9.15 Å². The molecule has 5 heteroatoms. The first-order chi connectivity index (χ1) is 8.73. The van der Waals surface area contributed by atoms with E-state index in [0.717, 1.165) is 12.5 Å². The average molecular weight is 250 g/mol. The van der Waals surface area contributed by atoms with Crippen molar-refractivity contribution < 1.29 is 13.9 Å². The smallest absolute Gasteiger partial charge is 0.360 e. The molecular weight excluding hydrogens is 232 g/mol. The molecule has 0 amide bonds. The number of hydrogen-bond acceptors (Lipinski definition) is 5. The highest BCUT2D eigenvalue weighted by Crippen LogP contribution is 2.61. The number of nitrogens with zero attached hydrogens (tertiary/aromatic N) is 1. The molecule has 0 bridgehead atoms. The van der Waals surface area contributed by atoms with Crippen molar-refractivity contribution in [2.75, 3.05) is 18.5 Å². The van der Waals surface area contributed by atoms with Gasteiger partial charge in [-0.1, -0.05) is 0 Å². The summed E-state index contributed by atoms with van der Waals surface area (Å²) in [6.45, 7) is 3.02. The van der Waals surface area contributed by atoms with Crippen LogP contribution in [0.2, 0.25) is 0 Å². The summed E-state index contributed by atoms with van der Waals surface area (Å²) in [4.78, 5) is 15.5. The van der Waals surface area contributed by atoms with Gasteiger partial charge < -0.3 is 14.5 Å². The highest BCUT2D eigenvalue weighted by Gasteiger charge is 2.53. The van der Waals surface area contributed by atoms with Gasteiger partial charge in [-0.3, -0.25) is 0 Å². The van der Waals surface area contributed by atoms with Crippen LogP contribution in [-0.2, 0) is 4.74 Å². The lowest BCUT2D eigenvalue weighted by molar-refractivity contribution is 0.0519. The van der Waals surface area contributed by atoms with Crippen LogP contribution in [0.1, 0.15) is 43.1 Å². The number of nitrogens with one attached hydrogen (secondary N) is 1. The maximum atomic E-state index is 11.4. The summed E-state index contributed by atoms with van der Waals surface area (Å²) in [6.07, 6.45) is 6.67. The fourth-order valence-electron chi connectivity index (χ4n) is 2.49. The van der Waals surface area contributed by atoms with E-state index in [2.05, 4.69) is 10.3 Å². The molecule has 3 rings (SSSR count). The Bertz CT molecular complexity index is 447. The van der Waals surface area contributed by atoms with Crippen LogP contribution in [0, 0.1) is 11.3 Å². The maximum Gasteiger partial charge on any atom is 0.360 e. The SMILES string of the molecule is CCOC(=O)c1coc(NCC2(C3CC3)CC2)n1. The van der Waals surface area contributed by atoms with E-state index in [1.807, 2.05) is 0 Å². The number of carbonyl (C=O) groups excluding carboxylic acids is 1. The number of oxazole rings is 1. The molecular formula is C13H18N2O3. The minimum atomic E-state index is -0.433. The number of aromatic nitrogens is 1. The summed E-state index contributed by atoms with van der Waals surface area (Å²) < 4.78 is 10.1. The Labute approximate surface area is 106 Å². The minimum absolute atomic E-state index is 0.232. The molecule has 0 aromatic carbocycles. The number of esters is 1. The van der Waals surface area contributed by atoms with Crippen molar-refractivity contribution >= 4 is 12.0 Å². The van der Waals surface area contributed by atoms with Crippen LogP contribution >= 0.6 is 0 Å². The highest BCUT2D eigenvalue weighted by atomic mass is 16.5. The lowest BCUT2D eigenvalue weighted by Crippen LogP contribution is -2.17. The van der Waals surface area contributed by atoms with Crippen molar-refractivity contribution in [2.24, 2.45) is 11.3 Å². The second kappa shape index (κ2) is 4.30. The van der Waals surface area contributed by atoms with Crippen molar-refractivity contribution in [1.29, 1.82) is 0 Å². The second-order valence-corrected chi connectivity index (χ2v) is 5.25. The number of hydrogen-bond donors (Lipinski definition) is 1. The third-order valence-electron chi connectivity index (χ3n) is 3.92. The number of carbonyl (C=O) groups is 1. The lowest BCUT2D eigenvalue weighted by atomic mass is 10.0. The Morgan fingerprint density at radius 1 is 1.61 bits per heavy atom.